The molecule has 0 N–H and O–H groups in total. The van der Waals surface area contributed by atoms with Crippen LogP contribution in [-0.2, 0) is 6.54 Å². The van der Waals surface area contributed by atoms with E-state index < -0.39 is 14.8 Å². The number of nitriles is 1. The number of aromatic nitrogens is 2. The van der Waals surface area contributed by atoms with Crippen molar-refractivity contribution in [2.45, 2.75) is 41.9 Å². The maximum absolute atomic E-state index is 10.7. The van der Waals surface area contributed by atoms with Crippen molar-refractivity contribution in [3.8, 4) is 6.07 Å². The van der Waals surface area contributed by atoms with E-state index in [2.05, 4.69) is 34.0 Å². The van der Waals surface area contributed by atoms with Gasteiger partial charge < -0.3 is 4.57 Å². The van der Waals surface area contributed by atoms with Crippen molar-refractivity contribution in [1.82, 2.24) is 9.55 Å². The van der Waals surface area contributed by atoms with E-state index in [0.717, 1.165) is 17.7 Å². The maximum Gasteiger partial charge on any atom is 0.118 e. The first kappa shape index (κ1) is 18.7. The smallest absolute Gasteiger partial charge is 0.118 e. The van der Waals surface area contributed by atoms with Crippen LogP contribution in [-0.4, -0.2) is 14.3 Å². The van der Waals surface area contributed by atoms with Gasteiger partial charge in [0.1, 0.15) is 4.75 Å². The molecule has 0 amide bonds. The van der Waals surface area contributed by atoms with Gasteiger partial charge in [0, 0.05) is 22.3 Å². The van der Waals surface area contributed by atoms with Crippen molar-refractivity contribution < 1.29 is 0 Å². The Balaban J connectivity index is 1.94. The van der Waals surface area contributed by atoms with Crippen LogP contribution in [0.4, 0.5) is 0 Å². The molecule has 2 aromatic rings. The molecule has 2 heterocycles. The maximum atomic E-state index is 10.7. The van der Waals surface area contributed by atoms with Gasteiger partial charge in [0.15, 0.2) is 0 Å². The van der Waals surface area contributed by atoms with Crippen LogP contribution < -0.4 is 0 Å². The number of hydrogen-bond acceptors (Lipinski definition) is 2. The molecule has 1 atom stereocenters. The number of allylic oxidation sites excluding steroid dienone is 2. The average Bonchev–Trinajstić information content (AvgIpc) is 3.41. The van der Waals surface area contributed by atoms with E-state index in [0.29, 0.717) is 22.5 Å². The molecule has 4 rings (SSSR count). The van der Waals surface area contributed by atoms with E-state index in [4.69, 9.17) is 23.2 Å². The molecule has 1 aliphatic heterocycles. The predicted molar refractivity (Wildman–Crippen MR) is 113 cm³/mol. The normalized spacial score (nSPS) is 21.8. The molecule has 1 unspecified atom stereocenters. The third-order valence-electron chi connectivity index (χ3n) is 5.74. The fourth-order valence-electron chi connectivity index (χ4n) is 4.48. The number of nitrogens with zero attached hydrogens (tertiary/aromatic N) is 3. The monoisotopic (exact) mass is 417 g/mol. The summed E-state index contributed by atoms with van der Waals surface area (Å²) in [5.74, 6) is 0.319. The SMILES string of the molecule is N#CC(Cn1ccnc1)(C1CCCC1)S1(c2ccc(Cl)cc2Cl)C=CC=C1. The third kappa shape index (κ3) is 3.02. The molecule has 3 nitrogen and oxygen atoms in total. The predicted octanol–water partition coefficient (Wildman–Crippen LogP) is 6.55. The number of imidazole rings is 1. The Kier molecular flexibility index (Phi) is 5.11. The van der Waals surface area contributed by atoms with Crippen molar-refractivity contribution in [3.63, 3.8) is 0 Å². The largest absolute Gasteiger partial charge is 0.335 e. The Hall–Kier alpha value is -1.67. The second-order valence-corrected chi connectivity index (χ2v) is 11.1. The van der Waals surface area contributed by atoms with Gasteiger partial charge in [0.25, 0.3) is 0 Å². The molecule has 1 fully saturated rings. The lowest BCUT2D eigenvalue weighted by Gasteiger charge is -2.50. The summed E-state index contributed by atoms with van der Waals surface area (Å²) in [7, 11) is -1.76. The third-order valence-corrected chi connectivity index (χ3v) is 10.4. The van der Waals surface area contributed by atoms with Crippen LogP contribution in [0, 0.1) is 17.2 Å². The summed E-state index contributed by atoms with van der Waals surface area (Å²) in [5, 5.41) is 16.4. The number of halogens is 2. The van der Waals surface area contributed by atoms with Gasteiger partial charge >= 0.3 is 0 Å². The summed E-state index contributed by atoms with van der Waals surface area (Å²) >= 11 is 12.9. The fourth-order valence-corrected chi connectivity index (χ4v) is 9.18. The van der Waals surface area contributed by atoms with Crippen LogP contribution in [0.2, 0.25) is 10.0 Å². The van der Waals surface area contributed by atoms with Crippen molar-refractivity contribution in [3.05, 3.63) is 69.9 Å². The van der Waals surface area contributed by atoms with Gasteiger partial charge in [0.05, 0.1) is 24.0 Å². The summed E-state index contributed by atoms with van der Waals surface area (Å²) in [6, 6.07) is 8.50. The average molecular weight is 418 g/mol. The van der Waals surface area contributed by atoms with Crippen LogP contribution >= 0.6 is 33.2 Å². The van der Waals surface area contributed by atoms with Gasteiger partial charge in [-0.05, 0) is 47.8 Å². The van der Waals surface area contributed by atoms with Crippen molar-refractivity contribution in [2.75, 3.05) is 0 Å². The number of rotatable bonds is 5. The van der Waals surface area contributed by atoms with Gasteiger partial charge in [-0.25, -0.2) is 4.98 Å². The Morgan fingerprint density at radius 3 is 2.56 bits per heavy atom. The summed E-state index contributed by atoms with van der Waals surface area (Å²) in [5.41, 5.74) is 0. The second kappa shape index (κ2) is 7.39. The molecular weight excluding hydrogens is 397 g/mol. The summed E-state index contributed by atoms with van der Waals surface area (Å²) in [4.78, 5) is 5.22. The zero-order valence-electron chi connectivity index (χ0n) is 14.9. The van der Waals surface area contributed by atoms with E-state index in [-0.39, 0.29) is 0 Å². The minimum absolute atomic E-state index is 0.319. The Labute approximate surface area is 171 Å². The molecule has 0 bridgehead atoms. The van der Waals surface area contributed by atoms with E-state index in [1.165, 1.54) is 12.8 Å². The highest BCUT2D eigenvalue weighted by atomic mass is 35.5. The van der Waals surface area contributed by atoms with E-state index >= 15 is 0 Å². The van der Waals surface area contributed by atoms with E-state index in [9.17, 15) is 5.26 Å². The molecule has 140 valence electrons. The quantitative estimate of drug-likeness (QED) is 0.553. The van der Waals surface area contributed by atoms with Crippen molar-refractivity contribution >= 4 is 33.2 Å². The highest BCUT2D eigenvalue weighted by molar-refractivity contribution is 8.39. The van der Waals surface area contributed by atoms with Gasteiger partial charge in [-0.3, -0.25) is 0 Å². The van der Waals surface area contributed by atoms with Crippen LogP contribution in [0.15, 0.2) is 64.8 Å². The Morgan fingerprint density at radius 2 is 1.96 bits per heavy atom. The van der Waals surface area contributed by atoms with Crippen molar-refractivity contribution in [2.24, 2.45) is 5.92 Å². The number of benzene rings is 1. The van der Waals surface area contributed by atoms with Crippen LogP contribution in [0.25, 0.3) is 0 Å². The highest BCUT2D eigenvalue weighted by Gasteiger charge is 2.53. The first-order valence-corrected chi connectivity index (χ1v) is 11.6. The summed E-state index contributed by atoms with van der Waals surface area (Å²) in [6.07, 6.45) is 14.2. The van der Waals surface area contributed by atoms with Gasteiger partial charge in [-0.15, -0.1) is 0 Å². The van der Waals surface area contributed by atoms with E-state index in [1.54, 1.807) is 18.6 Å². The van der Waals surface area contributed by atoms with Crippen LogP contribution in [0.3, 0.4) is 0 Å². The lowest BCUT2D eigenvalue weighted by molar-refractivity contribution is 0.401. The molecule has 0 radical (unpaired) electrons. The lowest BCUT2D eigenvalue weighted by atomic mass is 9.90. The fraction of sp³-hybridized carbons (Fsp3) is 0.333. The minimum Gasteiger partial charge on any atom is -0.335 e. The second-order valence-electron chi connectivity index (χ2n) is 7.16. The Morgan fingerprint density at radius 1 is 1.22 bits per heavy atom. The molecule has 1 saturated carbocycles. The number of hydrogen-bond donors (Lipinski definition) is 0. The zero-order chi connectivity index (χ0) is 18.9. The lowest BCUT2D eigenvalue weighted by Crippen LogP contribution is -2.43. The standard InChI is InChI=1S/C21H21Cl2N3S/c22-18-7-8-20(19(23)13-18)27(11-3-4-12-27)21(14-24,17-5-1-2-6-17)15-26-10-9-25-16-26/h3-4,7-13,16-17H,1-2,5-6,15H2. The molecule has 0 spiro atoms. The first-order valence-electron chi connectivity index (χ1n) is 9.11. The minimum atomic E-state index is -1.76. The van der Waals surface area contributed by atoms with Crippen LogP contribution in [0.1, 0.15) is 25.7 Å². The molecule has 6 heteroatoms. The zero-order valence-corrected chi connectivity index (χ0v) is 17.2. The molecule has 1 aromatic heterocycles. The molecule has 2 aliphatic rings. The molecule has 27 heavy (non-hydrogen) atoms. The van der Waals surface area contributed by atoms with Gasteiger partial charge in [0.2, 0.25) is 0 Å². The molecule has 1 aromatic carbocycles. The topological polar surface area (TPSA) is 41.6 Å². The molecule has 1 aliphatic carbocycles. The van der Waals surface area contributed by atoms with Crippen molar-refractivity contribution in [1.29, 1.82) is 5.26 Å². The molecule has 0 saturated heterocycles. The highest BCUT2D eigenvalue weighted by Crippen LogP contribution is 2.74. The van der Waals surface area contributed by atoms with E-state index in [1.807, 2.05) is 22.9 Å². The van der Waals surface area contributed by atoms with Gasteiger partial charge in [-0.2, -0.15) is 15.3 Å². The van der Waals surface area contributed by atoms with Gasteiger partial charge in [-0.1, -0.05) is 48.2 Å². The summed E-state index contributed by atoms with van der Waals surface area (Å²) in [6.45, 7) is 0.608. The molecular formula is C21H21Cl2N3S. The first-order chi connectivity index (χ1) is 13.1. The Bertz CT molecular complexity index is 911. The summed E-state index contributed by atoms with van der Waals surface area (Å²) < 4.78 is 1.46. The van der Waals surface area contributed by atoms with Crippen LogP contribution in [0.5, 0.6) is 0 Å².